The van der Waals surface area contributed by atoms with Crippen LogP contribution in [-0.4, -0.2) is 24.4 Å². The molecule has 0 radical (unpaired) electrons. The van der Waals surface area contributed by atoms with E-state index in [2.05, 4.69) is 0 Å². The van der Waals surface area contributed by atoms with Crippen LogP contribution in [0.15, 0.2) is 18.2 Å². The van der Waals surface area contributed by atoms with E-state index >= 15 is 0 Å². The second-order valence-electron chi connectivity index (χ2n) is 3.73. The molecule has 1 aromatic rings. The first-order valence-corrected chi connectivity index (χ1v) is 5.44. The van der Waals surface area contributed by atoms with Gasteiger partial charge in [-0.25, -0.2) is 4.39 Å². The van der Waals surface area contributed by atoms with Gasteiger partial charge in [0.1, 0.15) is 6.10 Å². The fraction of sp³-hybridized carbons (Fsp3) is 0.500. The van der Waals surface area contributed by atoms with Crippen LogP contribution in [0, 0.1) is 5.82 Å². The van der Waals surface area contributed by atoms with Gasteiger partial charge in [-0.1, -0.05) is 12.1 Å². The van der Waals surface area contributed by atoms with Gasteiger partial charge in [-0.15, -0.1) is 0 Å². The quantitative estimate of drug-likeness (QED) is 0.774. The Labute approximate surface area is 95.0 Å². The van der Waals surface area contributed by atoms with Crippen LogP contribution in [0.5, 0.6) is 5.75 Å². The Hall–Kier alpha value is -1.13. The molecule has 0 heterocycles. The average Bonchev–Trinajstić information content (AvgIpc) is 2.29. The van der Waals surface area contributed by atoms with Gasteiger partial charge in [-0.2, -0.15) is 0 Å². The highest BCUT2D eigenvalue weighted by molar-refractivity contribution is 5.35. The van der Waals surface area contributed by atoms with Crippen molar-refractivity contribution in [1.29, 1.82) is 0 Å². The molecule has 0 amide bonds. The van der Waals surface area contributed by atoms with Crippen molar-refractivity contribution < 1.29 is 14.2 Å². The van der Waals surface area contributed by atoms with Crippen LogP contribution in [0.1, 0.15) is 18.9 Å². The lowest BCUT2D eigenvalue weighted by atomic mass is 10.1. The number of ether oxygens (including phenoxy) is 1. The van der Waals surface area contributed by atoms with Gasteiger partial charge in [0.15, 0.2) is 11.6 Å². The van der Waals surface area contributed by atoms with Crippen LogP contribution in [0.4, 0.5) is 4.39 Å². The van der Waals surface area contributed by atoms with Gasteiger partial charge in [0, 0.05) is 0 Å². The standard InChI is InChI=1S/C12H18FNO2/c1-9(8-15)16-12-10(5-3-7-14)4-2-6-11(12)13/h2,4,6,9,15H,3,5,7-8,14H2,1H3. The third kappa shape index (κ3) is 3.47. The molecular formula is C12H18FNO2. The molecule has 1 unspecified atom stereocenters. The molecule has 0 bridgehead atoms. The van der Waals surface area contributed by atoms with Gasteiger partial charge in [0.25, 0.3) is 0 Å². The molecule has 16 heavy (non-hydrogen) atoms. The highest BCUT2D eigenvalue weighted by atomic mass is 19.1. The maximum absolute atomic E-state index is 13.5. The first-order chi connectivity index (χ1) is 7.69. The Balaban J connectivity index is 2.85. The van der Waals surface area contributed by atoms with Gasteiger partial charge < -0.3 is 15.6 Å². The number of aliphatic hydroxyl groups is 1. The normalized spacial score (nSPS) is 12.5. The van der Waals surface area contributed by atoms with Crippen molar-refractivity contribution in [2.75, 3.05) is 13.2 Å². The molecule has 3 nitrogen and oxygen atoms in total. The van der Waals surface area contributed by atoms with Crippen molar-refractivity contribution >= 4 is 0 Å². The molecule has 0 fully saturated rings. The number of halogens is 1. The van der Waals surface area contributed by atoms with Gasteiger partial charge in [-0.3, -0.25) is 0 Å². The van der Waals surface area contributed by atoms with Crippen molar-refractivity contribution in [2.45, 2.75) is 25.9 Å². The summed E-state index contributed by atoms with van der Waals surface area (Å²) in [5.74, 6) is -0.160. The summed E-state index contributed by atoms with van der Waals surface area (Å²) >= 11 is 0. The van der Waals surface area contributed by atoms with E-state index in [1.807, 2.05) is 6.07 Å². The smallest absolute Gasteiger partial charge is 0.165 e. The predicted octanol–water partition coefficient (Wildman–Crippen LogP) is 1.48. The zero-order chi connectivity index (χ0) is 12.0. The van der Waals surface area contributed by atoms with Crippen LogP contribution in [0.25, 0.3) is 0 Å². The summed E-state index contributed by atoms with van der Waals surface area (Å²) in [5.41, 5.74) is 6.21. The topological polar surface area (TPSA) is 55.5 Å². The lowest BCUT2D eigenvalue weighted by Crippen LogP contribution is -2.18. The van der Waals surface area contributed by atoms with Crippen LogP contribution < -0.4 is 10.5 Å². The number of benzene rings is 1. The highest BCUT2D eigenvalue weighted by Crippen LogP contribution is 2.24. The van der Waals surface area contributed by atoms with E-state index in [1.54, 1.807) is 13.0 Å². The maximum Gasteiger partial charge on any atom is 0.165 e. The SMILES string of the molecule is CC(CO)Oc1c(F)cccc1CCCN. The van der Waals surface area contributed by atoms with E-state index in [0.717, 1.165) is 12.0 Å². The summed E-state index contributed by atoms with van der Waals surface area (Å²) in [6, 6.07) is 4.82. The Morgan fingerprint density at radius 2 is 2.25 bits per heavy atom. The Morgan fingerprint density at radius 3 is 2.88 bits per heavy atom. The summed E-state index contributed by atoms with van der Waals surface area (Å²) in [4.78, 5) is 0. The molecule has 0 aliphatic carbocycles. The molecule has 1 atom stereocenters. The molecule has 0 saturated carbocycles. The van der Waals surface area contributed by atoms with Gasteiger partial charge in [0.05, 0.1) is 6.61 Å². The monoisotopic (exact) mass is 227 g/mol. The number of hydrogen-bond donors (Lipinski definition) is 2. The zero-order valence-electron chi connectivity index (χ0n) is 9.45. The van der Waals surface area contributed by atoms with E-state index < -0.39 is 11.9 Å². The Morgan fingerprint density at radius 1 is 1.50 bits per heavy atom. The second-order valence-corrected chi connectivity index (χ2v) is 3.73. The second kappa shape index (κ2) is 6.45. The van der Waals surface area contributed by atoms with Crippen LogP contribution in [-0.2, 0) is 6.42 Å². The third-order valence-electron chi connectivity index (χ3n) is 2.27. The molecule has 0 aliphatic rings. The minimum Gasteiger partial charge on any atom is -0.485 e. The maximum atomic E-state index is 13.5. The molecule has 0 saturated heterocycles. The van der Waals surface area contributed by atoms with Gasteiger partial charge in [0.2, 0.25) is 0 Å². The number of rotatable bonds is 6. The van der Waals surface area contributed by atoms with E-state index in [4.69, 9.17) is 15.6 Å². The van der Waals surface area contributed by atoms with Gasteiger partial charge >= 0.3 is 0 Å². The summed E-state index contributed by atoms with van der Waals surface area (Å²) in [7, 11) is 0. The Kier molecular flexibility index (Phi) is 5.22. The molecule has 1 rings (SSSR count). The zero-order valence-corrected chi connectivity index (χ0v) is 9.45. The third-order valence-corrected chi connectivity index (χ3v) is 2.27. The van der Waals surface area contributed by atoms with Gasteiger partial charge in [-0.05, 0) is 37.9 Å². The van der Waals surface area contributed by atoms with Crippen molar-refractivity contribution in [3.63, 3.8) is 0 Å². The average molecular weight is 227 g/mol. The number of hydrogen-bond acceptors (Lipinski definition) is 3. The van der Waals surface area contributed by atoms with Crippen LogP contribution >= 0.6 is 0 Å². The molecule has 0 aliphatic heterocycles. The first kappa shape index (κ1) is 12.9. The van der Waals surface area contributed by atoms with E-state index in [0.29, 0.717) is 13.0 Å². The number of aliphatic hydroxyl groups excluding tert-OH is 1. The lowest BCUT2D eigenvalue weighted by Gasteiger charge is -2.16. The van der Waals surface area contributed by atoms with Crippen molar-refractivity contribution in [3.8, 4) is 5.75 Å². The van der Waals surface area contributed by atoms with Crippen molar-refractivity contribution in [2.24, 2.45) is 5.73 Å². The minimum absolute atomic E-state index is 0.134. The molecule has 90 valence electrons. The number of para-hydroxylation sites is 1. The molecule has 0 spiro atoms. The van der Waals surface area contributed by atoms with Crippen LogP contribution in [0.3, 0.4) is 0 Å². The molecule has 0 aromatic heterocycles. The highest BCUT2D eigenvalue weighted by Gasteiger charge is 2.12. The Bertz CT molecular complexity index is 331. The molecule has 4 heteroatoms. The van der Waals surface area contributed by atoms with Crippen LogP contribution in [0.2, 0.25) is 0 Å². The van der Waals surface area contributed by atoms with E-state index in [1.165, 1.54) is 6.07 Å². The van der Waals surface area contributed by atoms with Crippen molar-refractivity contribution in [3.05, 3.63) is 29.6 Å². The fourth-order valence-corrected chi connectivity index (χ4v) is 1.41. The number of aryl methyl sites for hydroxylation is 1. The summed E-state index contributed by atoms with van der Waals surface area (Å²) in [6.45, 7) is 2.12. The lowest BCUT2D eigenvalue weighted by molar-refractivity contribution is 0.124. The molecule has 1 aromatic carbocycles. The van der Waals surface area contributed by atoms with E-state index in [9.17, 15) is 4.39 Å². The van der Waals surface area contributed by atoms with E-state index in [-0.39, 0.29) is 12.4 Å². The number of nitrogens with two attached hydrogens (primary N) is 1. The predicted molar refractivity (Wildman–Crippen MR) is 61.0 cm³/mol. The largest absolute Gasteiger partial charge is 0.485 e. The minimum atomic E-state index is -0.409. The fourth-order valence-electron chi connectivity index (χ4n) is 1.41. The summed E-state index contributed by atoms with van der Waals surface area (Å²) < 4.78 is 18.9. The molecule has 3 N–H and O–H groups in total. The summed E-state index contributed by atoms with van der Waals surface area (Å²) in [5, 5.41) is 8.89. The van der Waals surface area contributed by atoms with Crippen molar-refractivity contribution in [1.82, 2.24) is 0 Å². The molecular weight excluding hydrogens is 209 g/mol. The summed E-state index contributed by atoms with van der Waals surface area (Å²) in [6.07, 6.45) is 1.06. The first-order valence-electron chi connectivity index (χ1n) is 5.44.